The van der Waals surface area contributed by atoms with E-state index in [0.29, 0.717) is 29.3 Å². The van der Waals surface area contributed by atoms with Gasteiger partial charge < -0.3 is 19.2 Å². The Hall–Kier alpha value is -3.32. The number of fused-ring (bicyclic) bond motifs is 1. The molecule has 1 aliphatic heterocycles. The summed E-state index contributed by atoms with van der Waals surface area (Å²) in [4.78, 5) is 27.6. The van der Waals surface area contributed by atoms with Gasteiger partial charge in [0.1, 0.15) is 5.58 Å². The van der Waals surface area contributed by atoms with Crippen LogP contribution in [0.15, 0.2) is 57.7 Å². The summed E-state index contributed by atoms with van der Waals surface area (Å²) in [6.45, 7) is 3.52. The summed E-state index contributed by atoms with van der Waals surface area (Å²) in [5.74, 6) is 0.885. The van der Waals surface area contributed by atoms with Gasteiger partial charge in [-0.2, -0.15) is 0 Å². The van der Waals surface area contributed by atoms with Crippen LogP contribution in [0, 0.1) is 5.92 Å². The van der Waals surface area contributed by atoms with Crippen LogP contribution >= 0.6 is 0 Å². The highest BCUT2D eigenvalue weighted by atomic mass is 16.5. The number of ether oxygens (including phenoxy) is 2. The number of piperidine rings is 1. The van der Waals surface area contributed by atoms with E-state index < -0.39 is 0 Å². The van der Waals surface area contributed by atoms with Gasteiger partial charge in [0, 0.05) is 25.2 Å². The molecule has 1 aromatic heterocycles. The van der Waals surface area contributed by atoms with E-state index in [1.54, 1.807) is 12.1 Å². The maximum absolute atomic E-state index is 12.7. The molecule has 1 amide bonds. The number of carbonyl (C=O) groups excluding carboxylic acids is 1. The predicted molar refractivity (Wildman–Crippen MR) is 122 cm³/mol. The Bertz CT molecular complexity index is 1130. The second-order valence-electron chi connectivity index (χ2n) is 8.09. The van der Waals surface area contributed by atoms with Crippen molar-refractivity contribution in [2.75, 3.05) is 33.9 Å². The van der Waals surface area contributed by atoms with Crippen molar-refractivity contribution in [3.8, 4) is 11.5 Å². The summed E-state index contributed by atoms with van der Waals surface area (Å²) < 4.78 is 16.2. The summed E-state index contributed by atoms with van der Waals surface area (Å²) in [6.07, 6.45) is 2.04. The smallest absolute Gasteiger partial charge is 0.287 e. The number of nitrogens with zero attached hydrogens (tertiary/aromatic N) is 1. The monoisotopic (exact) mass is 436 g/mol. The molecule has 0 aliphatic carbocycles. The largest absolute Gasteiger partial charge is 0.493 e. The average Bonchev–Trinajstić information content (AvgIpc) is 2.83. The first kappa shape index (κ1) is 21.9. The summed E-state index contributed by atoms with van der Waals surface area (Å²) in [7, 11) is 3.00. The number of methoxy groups -OCH3 is 2. The Morgan fingerprint density at radius 3 is 2.44 bits per heavy atom. The minimum absolute atomic E-state index is 0.00349. The SMILES string of the molecule is COc1cc2oc(C(=O)NCC3CCN(Cc4ccccc4)CC3)cc(=O)c2cc1OC. The maximum Gasteiger partial charge on any atom is 0.287 e. The average molecular weight is 437 g/mol. The van der Waals surface area contributed by atoms with Crippen LogP contribution < -0.4 is 20.2 Å². The highest BCUT2D eigenvalue weighted by molar-refractivity contribution is 5.93. The lowest BCUT2D eigenvalue weighted by Crippen LogP contribution is -2.38. The lowest BCUT2D eigenvalue weighted by Gasteiger charge is -2.32. The van der Waals surface area contributed by atoms with Crippen molar-refractivity contribution in [1.82, 2.24) is 10.2 Å². The van der Waals surface area contributed by atoms with E-state index in [4.69, 9.17) is 13.9 Å². The van der Waals surface area contributed by atoms with Crippen LogP contribution in [0.4, 0.5) is 0 Å². The third-order valence-electron chi connectivity index (χ3n) is 5.96. The topological polar surface area (TPSA) is 81.0 Å². The van der Waals surface area contributed by atoms with Crippen LogP contribution in [0.2, 0.25) is 0 Å². The third-order valence-corrected chi connectivity index (χ3v) is 5.96. The first-order valence-corrected chi connectivity index (χ1v) is 10.8. The molecular formula is C25H28N2O5. The maximum atomic E-state index is 12.7. The molecule has 4 rings (SSSR count). The van der Waals surface area contributed by atoms with Crippen LogP contribution in [0.3, 0.4) is 0 Å². The van der Waals surface area contributed by atoms with Crippen LogP contribution in [0.1, 0.15) is 29.0 Å². The van der Waals surface area contributed by atoms with Crippen molar-refractivity contribution in [1.29, 1.82) is 0 Å². The summed E-state index contributed by atoms with van der Waals surface area (Å²) >= 11 is 0. The zero-order valence-electron chi connectivity index (χ0n) is 18.4. The van der Waals surface area contributed by atoms with Crippen LogP contribution in [-0.2, 0) is 6.54 Å². The van der Waals surface area contributed by atoms with E-state index in [2.05, 4.69) is 34.5 Å². The minimum atomic E-state index is -0.384. The molecule has 7 heteroatoms. The van der Waals surface area contributed by atoms with Crippen LogP contribution in [0.5, 0.6) is 11.5 Å². The number of amides is 1. The van der Waals surface area contributed by atoms with Gasteiger partial charge in [0.2, 0.25) is 0 Å². The molecule has 1 fully saturated rings. The van der Waals surface area contributed by atoms with E-state index in [0.717, 1.165) is 32.5 Å². The van der Waals surface area contributed by atoms with Gasteiger partial charge >= 0.3 is 0 Å². The number of hydrogen-bond acceptors (Lipinski definition) is 6. The van der Waals surface area contributed by atoms with Crippen LogP contribution in [0.25, 0.3) is 11.0 Å². The quantitative estimate of drug-likeness (QED) is 0.611. The fourth-order valence-corrected chi connectivity index (χ4v) is 4.11. The Kier molecular flexibility index (Phi) is 6.75. The third kappa shape index (κ3) is 4.94. The predicted octanol–water partition coefficient (Wildman–Crippen LogP) is 3.45. The van der Waals surface area contributed by atoms with Gasteiger partial charge in [-0.15, -0.1) is 0 Å². The molecular weight excluding hydrogens is 408 g/mol. The molecule has 1 N–H and O–H groups in total. The molecule has 0 saturated carbocycles. The Labute approximate surface area is 186 Å². The second kappa shape index (κ2) is 9.87. The molecule has 0 radical (unpaired) electrons. The summed E-state index contributed by atoms with van der Waals surface area (Å²) in [6, 6.07) is 14.8. The zero-order valence-corrected chi connectivity index (χ0v) is 18.4. The summed E-state index contributed by atoms with van der Waals surface area (Å²) in [5, 5.41) is 3.27. The fourth-order valence-electron chi connectivity index (χ4n) is 4.11. The lowest BCUT2D eigenvalue weighted by molar-refractivity contribution is 0.0908. The highest BCUT2D eigenvalue weighted by Crippen LogP contribution is 2.31. The first-order valence-electron chi connectivity index (χ1n) is 10.8. The number of benzene rings is 2. The van der Waals surface area contributed by atoms with E-state index in [1.807, 2.05) is 6.07 Å². The molecule has 1 aliphatic rings. The van der Waals surface area contributed by atoms with Crippen molar-refractivity contribution in [2.24, 2.45) is 5.92 Å². The molecule has 2 heterocycles. The molecule has 0 bridgehead atoms. The van der Waals surface area contributed by atoms with Gasteiger partial charge in [0.15, 0.2) is 22.7 Å². The summed E-state index contributed by atoms with van der Waals surface area (Å²) in [5.41, 5.74) is 1.31. The van der Waals surface area contributed by atoms with Crippen molar-refractivity contribution in [3.05, 3.63) is 70.1 Å². The van der Waals surface area contributed by atoms with Gasteiger partial charge in [-0.05, 0) is 43.5 Å². The number of carbonyl (C=O) groups is 1. The molecule has 0 spiro atoms. The van der Waals surface area contributed by atoms with E-state index >= 15 is 0 Å². The van der Waals surface area contributed by atoms with Gasteiger partial charge in [-0.1, -0.05) is 30.3 Å². The molecule has 0 unspecified atom stereocenters. The normalized spacial score (nSPS) is 14.9. The van der Waals surface area contributed by atoms with E-state index in [9.17, 15) is 9.59 Å². The number of hydrogen-bond donors (Lipinski definition) is 1. The molecule has 7 nitrogen and oxygen atoms in total. The van der Waals surface area contributed by atoms with Gasteiger partial charge in [-0.25, -0.2) is 0 Å². The minimum Gasteiger partial charge on any atom is -0.493 e. The molecule has 168 valence electrons. The molecule has 32 heavy (non-hydrogen) atoms. The fraction of sp³-hybridized carbons (Fsp3) is 0.360. The van der Waals surface area contributed by atoms with Crippen molar-refractivity contribution >= 4 is 16.9 Å². The second-order valence-corrected chi connectivity index (χ2v) is 8.09. The number of likely N-dealkylation sites (tertiary alicyclic amines) is 1. The Morgan fingerprint density at radius 1 is 1.06 bits per heavy atom. The molecule has 2 aromatic carbocycles. The lowest BCUT2D eigenvalue weighted by atomic mass is 9.96. The van der Waals surface area contributed by atoms with Crippen molar-refractivity contribution in [3.63, 3.8) is 0 Å². The van der Waals surface area contributed by atoms with Gasteiger partial charge in [0.25, 0.3) is 5.91 Å². The van der Waals surface area contributed by atoms with E-state index in [-0.39, 0.29) is 22.7 Å². The number of nitrogens with one attached hydrogen (secondary N) is 1. The standard InChI is InChI=1S/C25H28N2O5/c1-30-22-12-19-20(28)13-24(32-21(19)14-23(22)31-2)25(29)26-15-17-8-10-27(11-9-17)16-18-6-4-3-5-7-18/h3-7,12-14,17H,8-11,15-16H2,1-2H3,(H,26,29). The van der Waals surface area contributed by atoms with Crippen molar-refractivity contribution < 1.29 is 18.7 Å². The van der Waals surface area contributed by atoms with Crippen molar-refractivity contribution in [2.45, 2.75) is 19.4 Å². The van der Waals surface area contributed by atoms with E-state index in [1.165, 1.54) is 25.8 Å². The highest BCUT2D eigenvalue weighted by Gasteiger charge is 2.21. The zero-order chi connectivity index (χ0) is 22.5. The number of rotatable bonds is 7. The van der Waals surface area contributed by atoms with Crippen LogP contribution in [-0.4, -0.2) is 44.7 Å². The first-order chi connectivity index (χ1) is 15.6. The van der Waals surface area contributed by atoms with Gasteiger partial charge in [-0.3, -0.25) is 14.5 Å². The molecule has 0 atom stereocenters. The molecule has 3 aromatic rings. The Balaban J connectivity index is 1.35. The van der Waals surface area contributed by atoms with Gasteiger partial charge in [0.05, 0.1) is 19.6 Å². The molecule has 1 saturated heterocycles. The Morgan fingerprint density at radius 2 is 1.75 bits per heavy atom.